The second kappa shape index (κ2) is 9.07. The molecule has 1 amide bonds. The van der Waals surface area contributed by atoms with Gasteiger partial charge in [0.05, 0.1) is 22.1 Å². The Balaban J connectivity index is 1.49. The number of nitrogens with one attached hydrogen (secondary N) is 2. The van der Waals surface area contributed by atoms with Crippen molar-refractivity contribution < 1.29 is 9.18 Å². The molecule has 5 aromatic rings. The number of nitrogens with two attached hydrogens (primary N) is 1. The number of carbonyl (C=O) groups excluding carboxylic acids is 1. The van der Waals surface area contributed by atoms with E-state index in [1.165, 1.54) is 31.4 Å². The Kier molecular flexibility index (Phi) is 5.71. The van der Waals surface area contributed by atoms with Crippen LogP contribution in [0.4, 0.5) is 10.1 Å². The number of aromatic nitrogens is 3. The molecule has 6 rings (SSSR count). The third-order valence-electron chi connectivity index (χ3n) is 7.73. The first-order valence-corrected chi connectivity index (χ1v) is 12.9. The summed E-state index contributed by atoms with van der Waals surface area (Å²) in [7, 11) is 0. The number of H-pyrrole nitrogens is 1. The van der Waals surface area contributed by atoms with Gasteiger partial charge in [0, 0.05) is 34.1 Å². The number of halogens is 1. The van der Waals surface area contributed by atoms with E-state index in [4.69, 9.17) is 10.7 Å². The lowest BCUT2D eigenvalue weighted by Gasteiger charge is -2.25. The van der Waals surface area contributed by atoms with Crippen LogP contribution in [0.25, 0.3) is 39.0 Å². The lowest BCUT2D eigenvalue weighted by molar-refractivity contribution is 0.100. The van der Waals surface area contributed by atoms with Crippen LogP contribution in [0.5, 0.6) is 0 Å². The Morgan fingerprint density at radius 1 is 1.08 bits per heavy atom. The van der Waals surface area contributed by atoms with Crippen LogP contribution in [0.1, 0.15) is 53.7 Å². The summed E-state index contributed by atoms with van der Waals surface area (Å²) in [6, 6.07) is 16.9. The van der Waals surface area contributed by atoms with Crippen LogP contribution in [-0.2, 0) is 0 Å². The number of fused-ring (bicyclic) bond motifs is 2. The van der Waals surface area contributed by atoms with Crippen molar-refractivity contribution in [1.29, 1.82) is 0 Å². The fourth-order valence-corrected chi connectivity index (χ4v) is 5.76. The van der Waals surface area contributed by atoms with Gasteiger partial charge in [-0.25, -0.2) is 9.37 Å². The minimum Gasteiger partial charge on any atom is -0.382 e. The Morgan fingerprint density at radius 2 is 1.89 bits per heavy atom. The van der Waals surface area contributed by atoms with Crippen LogP contribution in [0, 0.1) is 19.7 Å². The number of nitrogens with zero attached hydrogens (tertiary/aromatic N) is 2. The van der Waals surface area contributed by atoms with Crippen molar-refractivity contribution in [3.8, 4) is 17.1 Å². The van der Waals surface area contributed by atoms with Gasteiger partial charge in [-0.1, -0.05) is 31.4 Å². The minimum absolute atomic E-state index is 0.295. The van der Waals surface area contributed by atoms with Crippen LogP contribution >= 0.6 is 0 Å². The highest BCUT2D eigenvalue weighted by Crippen LogP contribution is 2.37. The second-order valence-corrected chi connectivity index (χ2v) is 10.1. The highest BCUT2D eigenvalue weighted by atomic mass is 19.1. The molecule has 0 aliphatic heterocycles. The van der Waals surface area contributed by atoms with E-state index in [9.17, 15) is 9.18 Å². The van der Waals surface area contributed by atoms with E-state index in [1.807, 2.05) is 30.3 Å². The predicted molar refractivity (Wildman–Crippen MR) is 147 cm³/mol. The summed E-state index contributed by atoms with van der Waals surface area (Å²) in [6.07, 6.45) is 5.84. The first-order valence-electron chi connectivity index (χ1n) is 12.9. The van der Waals surface area contributed by atoms with Crippen molar-refractivity contribution >= 4 is 33.5 Å². The number of aryl methyl sites for hydroxylation is 1. The molecule has 37 heavy (non-hydrogen) atoms. The molecule has 0 unspecified atom stereocenters. The zero-order valence-corrected chi connectivity index (χ0v) is 21.1. The molecule has 188 valence electrons. The molecule has 2 heterocycles. The van der Waals surface area contributed by atoms with Crippen molar-refractivity contribution in [3.05, 3.63) is 77.2 Å². The predicted octanol–water partition coefficient (Wildman–Crippen LogP) is 6.77. The van der Waals surface area contributed by atoms with E-state index in [0.717, 1.165) is 57.5 Å². The quantitative estimate of drug-likeness (QED) is 0.251. The average Bonchev–Trinajstić information content (AvgIpc) is 3.42. The normalized spacial score (nSPS) is 14.5. The molecule has 1 aliphatic rings. The Bertz CT molecular complexity index is 1660. The van der Waals surface area contributed by atoms with E-state index < -0.39 is 5.91 Å². The molecular weight excluding hydrogens is 465 g/mol. The van der Waals surface area contributed by atoms with Crippen molar-refractivity contribution in [2.45, 2.75) is 52.0 Å². The van der Waals surface area contributed by atoms with Gasteiger partial charge in [-0.3, -0.25) is 4.79 Å². The van der Waals surface area contributed by atoms with Crippen molar-refractivity contribution in [3.63, 3.8) is 0 Å². The van der Waals surface area contributed by atoms with Gasteiger partial charge in [0.25, 0.3) is 5.91 Å². The minimum atomic E-state index is -0.432. The van der Waals surface area contributed by atoms with E-state index >= 15 is 0 Å². The molecule has 0 bridgehead atoms. The number of carbonyl (C=O) groups is 1. The van der Waals surface area contributed by atoms with Crippen LogP contribution < -0.4 is 11.1 Å². The third-order valence-corrected chi connectivity index (χ3v) is 7.73. The van der Waals surface area contributed by atoms with Crippen molar-refractivity contribution in [2.75, 3.05) is 5.32 Å². The van der Waals surface area contributed by atoms with E-state index in [-0.39, 0.29) is 5.82 Å². The maximum absolute atomic E-state index is 13.8. The average molecular weight is 496 g/mol. The van der Waals surface area contributed by atoms with Crippen LogP contribution in [0.2, 0.25) is 0 Å². The largest absolute Gasteiger partial charge is 0.382 e. The van der Waals surface area contributed by atoms with E-state index in [0.29, 0.717) is 22.9 Å². The van der Waals surface area contributed by atoms with Crippen LogP contribution in [-0.4, -0.2) is 26.5 Å². The molecular formula is C30H30FN5O. The molecule has 2 aromatic heterocycles. The molecule has 6 nitrogen and oxygen atoms in total. The number of hydrogen-bond donors (Lipinski definition) is 3. The maximum atomic E-state index is 13.8. The summed E-state index contributed by atoms with van der Waals surface area (Å²) >= 11 is 0. The van der Waals surface area contributed by atoms with Gasteiger partial charge in [0.2, 0.25) is 0 Å². The number of anilines is 1. The second-order valence-electron chi connectivity index (χ2n) is 10.1. The number of amides is 1. The highest BCUT2D eigenvalue weighted by Gasteiger charge is 2.21. The Morgan fingerprint density at radius 3 is 2.68 bits per heavy atom. The number of imidazole rings is 1. The monoisotopic (exact) mass is 495 g/mol. The van der Waals surface area contributed by atoms with Crippen LogP contribution in [0.15, 0.2) is 54.6 Å². The van der Waals surface area contributed by atoms with Crippen molar-refractivity contribution in [2.24, 2.45) is 5.73 Å². The van der Waals surface area contributed by atoms with Gasteiger partial charge >= 0.3 is 0 Å². The fraction of sp³-hybridized carbons (Fsp3) is 0.267. The number of hydrogen-bond acceptors (Lipinski definition) is 3. The van der Waals surface area contributed by atoms with Gasteiger partial charge in [-0.05, 0) is 74.7 Å². The summed E-state index contributed by atoms with van der Waals surface area (Å²) in [5, 5.41) is 4.70. The molecule has 1 saturated carbocycles. The molecule has 0 spiro atoms. The smallest absolute Gasteiger partial charge is 0.250 e. The lowest BCUT2D eigenvalue weighted by Crippen LogP contribution is -2.24. The molecule has 0 radical (unpaired) electrons. The van der Waals surface area contributed by atoms with Gasteiger partial charge in [-0.15, -0.1) is 0 Å². The first kappa shape index (κ1) is 23.3. The van der Waals surface area contributed by atoms with Gasteiger partial charge < -0.3 is 20.6 Å². The van der Waals surface area contributed by atoms with Crippen molar-refractivity contribution in [1.82, 2.24) is 14.5 Å². The molecule has 4 N–H and O–H groups in total. The topological polar surface area (TPSA) is 88.7 Å². The highest BCUT2D eigenvalue weighted by molar-refractivity contribution is 6.01. The summed E-state index contributed by atoms with van der Waals surface area (Å²) in [6.45, 7) is 4.21. The van der Waals surface area contributed by atoms with Gasteiger partial charge in [0.1, 0.15) is 11.6 Å². The molecule has 0 saturated heterocycles. The third kappa shape index (κ3) is 4.04. The molecule has 1 fully saturated rings. The lowest BCUT2D eigenvalue weighted by atomic mass is 9.95. The first-order chi connectivity index (χ1) is 17.9. The molecule has 3 aromatic carbocycles. The zero-order valence-electron chi connectivity index (χ0n) is 21.1. The summed E-state index contributed by atoms with van der Waals surface area (Å²) in [4.78, 5) is 20.3. The van der Waals surface area contributed by atoms with Gasteiger partial charge in [-0.2, -0.15) is 0 Å². The fourth-order valence-electron chi connectivity index (χ4n) is 5.76. The molecule has 1 aliphatic carbocycles. The molecule has 7 heteroatoms. The van der Waals surface area contributed by atoms with Gasteiger partial charge in [0.15, 0.2) is 0 Å². The van der Waals surface area contributed by atoms with E-state index in [1.54, 1.807) is 6.07 Å². The summed E-state index contributed by atoms with van der Waals surface area (Å²) < 4.78 is 16.0. The standard InChI is InChI=1S/C30H30FN5O/c1-17-18(2)36(21-12-13-22(29(32)37)25(16-21)33-20-7-4-3-5-8-20)27-10-6-9-23(28(17)27)30-34-24-14-11-19(31)15-26(24)35-30/h6,9-16,20,33H,3-5,7-8H2,1-2H3,(H2,32,37)(H,34,35). The number of benzene rings is 3. The number of primary amides is 1. The number of rotatable bonds is 5. The maximum Gasteiger partial charge on any atom is 0.250 e. The zero-order chi connectivity index (χ0) is 25.7. The Labute approximate surface area is 214 Å². The summed E-state index contributed by atoms with van der Waals surface area (Å²) in [5.41, 5.74) is 13.6. The SMILES string of the molecule is Cc1c(C)n(-c2ccc(C(N)=O)c(NC3CCCCC3)c2)c2cccc(-c3nc4ccc(F)cc4[nH]3)c12. The van der Waals surface area contributed by atoms with E-state index in [2.05, 4.69) is 34.8 Å². The summed E-state index contributed by atoms with van der Waals surface area (Å²) in [5.74, 6) is -0.0231. The molecule has 0 atom stereocenters. The Hall–Kier alpha value is -4.13. The number of aromatic amines is 1. The van der Waals surface area contributed by atoms with Crippen LogP contribution in [0.3, 0.4) is 0 Å².